The third kappa shape index (κ3) is 3.26. The lowest BCUT2D eigenvalue weighted by atomic mass is 9.87. The Morgan fingerprint density at radius 3 is 3.00 bits per heavy atom. The molecule has 0 saturated carbocycles. The average molecular weight is 340 g/mol. The van der Waals surface area contributed by atoms with Crippen molar-refractivity contribution < 1.29 is 4.39 Å². The summed E-state index contributed by atoms with van der Waals surface area (Å²) in [5.74, 6) is 0.528. The molecule has 0 aliphatic carbocycles. The summed E-state index contributed by atoms with van der Waals surface area (Å²) in [4.78, 5) is 8.75. The Morgan fingerprint density at radius 2 is 2.25 bits per heavy atom. The van der Waals surface area contributed by atoms with Crippen molar-refractivity contribution in [3.8, 4) is 6.07 Å². The first-order valence-electron chi connectivity index (χ1n) is 7.63. The molecule has 0 bridgehead atoms. The molecular formula is C18H17FN4S. The van der Waals surface area contributed by atoms with Crippen LogP contribution in [0.4, 0.5) is 4.39 Å². The van der Waals surface area contributed by atoms with Gasteiger partial charge in [0.05, 0.1) is 16.8 Å². The molecule has 1 aromatic heterocycles. The van der Waals surface area contributed by atoms with E-state index >= 15 is 0 Å². The minimum Gasteiger partial charge on any atom is -0.379 e. The Hall–Kier alpha value is -2.39. The van der Waals surface area contributed by atoms with Gasteiger partial charge in [-0.05, 0) is 37.1 Å². The molecule has 1 aliphatic heterocycles. The van der Waals surface area contributed by atoms with Crippen molar-refractivity contribution in [2.24, 2.45) is 10.7 Å². The van der Waals surface area contributed by atoms with E-state index in [2.05, 4.69) is 16.0 Å². The molecule has 0 unspecified atom stereocenters. The fourth-order valence-electron chi connectivity index (χ4n) is 2.85. The summed E-state index contributed by atoms with van der Waals surface area (Å²) in [7, 11) is 0. The summed E-state index contributed by atoms with van der Waals surface area (Å²) < 4.78 is 14.4. The normalized spacial score (nSPS) is 20.3. The fraction of sp³-hybridized carbons (Fsp3) is 0.278. The van der Waals surface area contributed by atoms with Gasteiger partial charge in [-0.3, -0.25) is 9.98 Å². The largest absolute Gasteiger partial charge is 0.379 e. The van der Waals surface area contributed by atoms with Gasteiger partial charge in [0.15, 0.2) is 5.17 Å². The molecule has 3 rings (SSSR count). The van der Waals surface area contributed by atoms with Crippen molar-refractivity contribution in [3.63, 3.8) is 0 Å². The molecule has 6 heteroatoms. The van der Waals surface area contributed by atoms with Crippen molar-refractivity contribution in [3.05, 3.63) is 64.7 Å². The summed E-state index contributed by atoms with van der Waals surface area (Å²) in [5, 5.41) is 9.68. The van der Waals surface area contributed by atoms with Crippen LogP contribution in [-0.4, -0.2) is 15.9 Å². The summed E-state index contributed by atoms with van der Waals surface area (Å²) in [6.45, 7) is 1.91. The number of aromatic nitrogens is 1. The van der Waals surface area contributed by atoms with E-state index in [-0.39, 0.29) is 5.82 Å². The maximum absolute atomic E-state index is 14.4. The first kappa shape index (κ1) is 16.5. The van der Waals surface area contributed by atoms with E-state index in [1.807, 2.05) is 13.0 Å². The highest BCUT2D eigenvalue weighted by molar-refractivity contribution is 8.13. The third-order valence-corrected chi connectivity index (χ3v) is 4.98. The molecule has 2 aromatic rings. The number of nitrogens with zero attached hydrogens (tertiary/aromatic N) is 3. The van der Waals surface area contributed by atoms with Gasteiger partial charge in [0.1, 0.15) is 11.9 Å². The van der Waals surface area contributed by atoms with Crippen LogP contribution in [-0.2, 0) is 12.0 Å². The number of nitriles is 1. The van der Waals surface area contributed by atoms with Gasteiger partial charge in [-0.1, -0.05) is 23.9 Å². The van der Waals surface area contributed by atoms with Gasteiger partial charge < -0.3 is 5.73 Å². The molecule has 0 amide bonds. The molecule has 4 nitrogen and oxygen atoms in total. The van der Waals surface area contributed by atoms with Gasteiger partial charge in [-0.25, -0.2) is 4.39 Å². The SMILES string of the molecule is C[C@@]1(c2cc(Cc3ncccc3C#N)ccc2F)CCSC(N)=N1. The predicted molar refractivity (Wildman–Crippen MR) is 94.2 cm³/mol. The van der Waals surface area contributed by atoms with Crippen molar-refractivity contribution in [2.45, 2.75) is 25.3 Å². The number of pyridine rings is 1. The summed E-state index contributed by atoms with van der Waals surface area (Å²) in [6.07, 6.45) is 2.86. The molecule has 2 N–H and O–H groups in total. The number of aliphatic imine (C=N–C) groups is 1. The minimum atomic E-state index is -0.655. The quantitative estimate of drug-likeness (QED) is 0.930. The number of benzene rings is 1. The fourth-order valence-corrected chi connectivity index (χ4v) is 3.82. The van der Waals surface area contributed by atoms with E-state index in [1.165, 1.54) is 17.8 Å². The first-order chi connectivity index (χ1) is 11.5. The maximum atomic E-state index is 14.4. The van der Waals surface area contributed by atoms with Crippen LogP contribution in [0, 0.1) is 17.1 Å². The maximum Gasteiger partial charge on any atom is 0.154 e. The van der Waals surface area contributed by atoms with Gasteiger partial charge in [0, 0.05) is 23.9 Å². The molecule has 2 heterocycles. The minimum absolute atomic E-state index is 0.286. The smallest absolute Gasteiger partial charge is 0.154 e. The van der Waals surface area contributed by atoms with Crippen LogP contribution in [0.2, 0.25) is 0 Å². The lowest BCUT2D eigenvalue weighted by Crippen LogP contribution is -2.29. The van der Waals surface area contributed by atoms with Gasteiger partial charge in [0.2, 0.25) is 0 Å². The van der Waals surface area contributed by atoms with Crippen LogP contribution in [0.5, 0.6) is 0 Å². The monoisotopic (exact) mass is 340 g/mol. The molecule has 1 atom stereocenters. The number of hydrogen-bond donors (Lipinski definition) is 1. The van der Waals surface area contributed by atoms with Crippen LogP contribution in [0.1, 0.15) is 35.7 Å². The van der Waals surface area contributed by atoms with Crippen LogP contribution < -0.4 is 5.73 Å². The molecule has 1 aliphatic rings. The Labute approximate surface area is 144 Å². The zero-order valence-electron chi connectivity index (χ0n) is 13.3. The van der Waals surface area contributed by atoms with Gasteiger partial charge >= 0.3 is 0 Å². The summed E-state index contributed by atoms with van der Waals surface area (Å²) >= 11 is 1.49. The lowest BCUT2D eigenvalue weighted by Gasteiger charge is -2.30. The number of rotatable bonds is 3. The Bertz CT molecular complexity index is 843. The van der Waals surface area contributed by atoms with Crippen molar-refractivity contribution in [2.75, 3.05) is 5.75 Å². The molecule has 0 radical (unpaired) electrons. The van der Waals surface area contributed by atoms with Crippen molar-refractivity contribution >= 4 is 16.9 Å². The van der Waals surface area contributed by atoms with E-state index in [0.29, 0.717) is 28.4 Å². The van der Waals surface area contributed by atoms with Crippen LogP contribution in [0.3, 0.4) is 0 Å². The van der Waals surface area contributed by atoms with E-state index in [1.54, 1.807) is 24.4 Å². The highest BCUT2D eigenvalue weighted by Gasteiger charge is 2.32. The number of amidine groups is 1. The standard InChI is InChI=1S/C18H17FN4S/c1-18(6-8-24-17(21)23-18)14-9-12(4-5-15(14)19)10-16-13(11-20)3-2-7-22-16/h2-5,7,9H,6,8,10H2,1H3,(H2,21,23)/t18-/m0/s1. The molecular weight excluding hydrogens is 323 g/mol. The zero-order valence-corrected chi connectivity index (χ0v) is 14.1. The summed E-state index contributed by atoms with van der Waals surface area (Å²) in [5.41, 5.74) is 7.84. The van der Waals surface area contributed by atoms with Crippen LogP contribution in [0.25, 0.3) is 0 Å². The van der Waals surface area contributed by atoms with Crippen molar-refractivity contribution in [1.82, 2.24) is 4.98 Å². The number of thioether (sulfide) groups is 1. The molecule has 0 fully saturated rings. The Kier molecular flexibility index (Phi) is 4.54. The van der Waals surface area contributed by atoms with Crippen LogP contribution >= 0.6 is 11.8 Å². The van der Waals surface area contributed by atoms with E-state index in [4.69, 9.17) is 5.73 Å². The molecule has 24 heavy (non-hydrogen) atoms. The van der Waals surface area contributed by atoms with Crippen LogP contribution in [0.15, 0.2) is 41.5 Å². The summed E-state index contributed by atoms with van der Waals surface area (Å²) in [6, 6.07) is 10.6. The average Bonchev–Trinajstić information content (AvgIpc) is 2.57. The Morgan fingerprint density at radius 1 is 1.42 bits per heavy atom. The van der Waals surface area contributed by atoms with Gasteiger partial charge in [-0.2, -0.15) is 5.26 Å². The third-order valence-electron chi connectivity index (χ3n) is 4.19. The van der Waals surface area contributed by atoms with Gasteiger partial charge in [0.25, 0.3) is 0 Å². The first-order valence-corrected chi connectivity index (χ1v) is 8.61. The van der Waals surface area contributed by atoms with E-state index in [9.17, 15) is 9.65 Å². The molecule has 122 valence electrons. The zero-order chi connectivity index (χ0) is 17.2. The topological polar surface area (TPSA) is 75.1 Å². The van der Waals surface area contributed by atoms with E-state index < -0.39 is 5.54 Å². The lowest BCUT2D eigenvalue weighted by molar-refractivity contribution is 0.449. The Balaban J connectivity index is 1.98. The number of hydrogen-bond acceptors (Lipinski definition) is 5. The number of nitrogens with two attached hydrogens (primary N) is 1. The van der Waals surface area contributed by atoms with Gasteiger partial charge in [-0.15, -0.1) is 0 Å². The molecule has 0 spiro atoms. The van der Waals surface area contributed by atoms with E-state index in [0.717, 1.165) is 17.7 Å². The molecule has 1 aromatic carbocycles. The predicted octanol–water partition coefficient (Wildman–Crippen LogP) is 3.35. The highest BCUT2D eigenvalue weighted by atomic mass is 32.2. The molecule has 0 saturated heterocycles. The number of halogens is 1. The highest BCUT2D eigenvalue weighted by Crippen LogP contribution is 2.37. The van der Waals surface area contributed by atoms with Crippen molar-refractivity contribution in [1.29, 1.82) is 5.26 Å². The second-order valence-electron chi connectivity index (χ2n) is 5.92. The second kappa shape index (κ2) is 6.62. The second-order valence-corrected chi connectivity index (χ2v) is 7.04.